The molecule has 0 aromatic carbocycles. The van der Waals surface area contributed by atoms with Gasteiger partial charge in [-0.2, -0.15) is 5.10 Å². The lowest BCUT2D eigenvalue weighted by molar-refractivity contribution is 0.0915. The van der Waals surface area contributed by atoms with E-state index < -0.39 is 0 Å². The summed E-state index contributed by atoms with van der Waals surface area (Å²) in [6.45, 7) is 4.41. The maximum Gasteiger partial charge on any atom is 0.253 e. The largest absolute Gasteiger partial charge is 0.348 e. The second kappa shape index (κ2) is 10.6. The molecule has 0 radical (unpaired) electrons. The van der Waals surface area contributed by atoms with Crippen LogP contribution >= 0.6 is 24.8 Å². The molecule has 2 aromatic rings. The number of carbonyl (C=O) groups excluding carboxylic acids is 1. The average molecular weight is 414 g/mol. The zero-order chi connectivity index (χ0) is 17.8. The van der Waals surface area contributed by atoms with Crippen molar-refractivity contribution in [3.05, 3.63) is 41.3 Å². The lowest BCUT2D eigenvalue weighted by Crippen LogP contribution is -2.45. The first-order chi connectivity index (χ1) is 12.1. The van der Waals surface area contributed by atoms with Crippen molar-refractivity contribution in [2.24, 2.45) is 11.7 Å². The van der Waals surface area contributed by atoms with E-state index in [0.29, 0.717) is 23.8 Å². The molecular formula is C19H29Cl2N5O. The molecule has 1 aliphatic rings. The number of carbonyl (C=O) groups is 1. The number of pyridine rings is 1. The van der Waals surface area contributed by atoms with Gasteiger partial charge in [0.2, 0.25) is 0 Å². The van der Waals surface area contributed by atoms with Gasteiger partial charge in [-0.1, -0.05) is 19.3 Å². The Bertz CT molecular complexity index is 726. The van der Waals surface area contributed by atoms with E-state index in [1.165, 1.54) is 19.3 Å². The van der Waals surface area contributed by atoms with Crippen molar-refractivity contribution in [1.29, 1.82) is 0 Å². The fraction of sp³-hybridized carbons (Fsp3) is 0.526. The Labute approximate surface area is 173 Å². The standard InChI is InChI=1S/C19H27N5O.2ClH/c1-13-10-14(2)24(23-13)18-9-8-16(12-21-18)19(25)22-17(11-20)15-6-4-3-5-7-15;;/h8-10,12,15,17H,3-7,11,20H2,1-2H3,(H,22,25);2*1H. The highest BCUT2D eigenvalue weighted by molar-refractivity contribution is 5.94. The van der Waals surface area contributed by atoms with Crippen LogP contribution in [-0.4, -0.2) is 33.3 Å². The third kappa shape index (κ3) is 5.67. The van der Waals surface area contributed by atoms with Crippen molar-refractivity contribution in [2.75, 3.05) is 6.54 Å². The lowest BCUT2D eigenvalue weighted by Gasteiger charge is -2.30. The molecule has 1 unspecified atom stereocenters. The van der Waals surface area contributed by atoms with E-state index in [9.17, 15) is 4.79 Å². The van der Waals surface area contributed by atoms with E-state index in [0.717, 1.165) is 24.2 Å². The van der Waals surface area contributed by atoms with E-state index in [2.05, 4.69) is 15.4 Å². The average Bonchev–Trinajstić information content (AvgIpc) is 2.98. The van der Waals surface area contributed by atoms with Crippen molar-refractivity contribution in [1.82, 2.24) is 20.1 Å². The van der Waals surface area contributed by atoms with E-state index in [1.807, 2.05) is 26.0 Å². The normalized spacial score (nSPS) is 15.4. The summed E-state index contributed by atoms with van der Waals surface area (Å²) in [5.74, 6) is 1.10. The van der Waals surface area contributed by atoms with Crippen LogP contribution in [0.25, 0.3) is 5.82 Å². The predicted molar refractivity (Wildman–Crippen MR) is 112 cm³/mol. The highest BCUT2D eigenvalue weighted by atomic mass is 35.5. The minimum Gasteiger partial charge on any atom is -0.348 e. The monoisotopic (exact) mass is 413 g/mol. The number of amides is 1. The summed E-state index contributed by atoms with van der Waals surface area (Å²) in [7, 11) is 0. The molecule has 0 saturated heterocycles. The van der Waals surface area contributed by atoms with E-state index in [4.69, 9.17) is 5.73 Å². The Balaban J connectivity index is 0.00000182. The quantitative estimate of drug-likeness (QED) is 0.786. The lowest BCUT2D eigenvalue weighted by atomic mass is 9.84. The third-order valence-corrected chi connectivity index (χ3v) is 5.03. The van der Waals surface area contributed by atoms with Crippen LogP contribution in [0.5, 0.6) is 0 Å². The second-order valence-corrected chi connectivity index (χ2v) is 6.96. The molecule has 0 bridgehead atoms. The number of nitrogens with one attached hydrogen (secondary N) is 1. The Kier molecular flexibility index (Phi) is 9.22. The Morgan fingerprint density at radius 3 is 2.48 bits per heavy atom. The molecule has 6 nitrogen and oxygen atoms in total. The molecule has 0 aliphatic heterocycles. The van der Waals surface area contributed by atoms with Crippen LogP contribution in [0.15, 0.2) is 24.4 Å². The van der Waals surface area contributed by atoms with Crippen LogP contribution in [0.3, 0.4) is 0 Å². The minimum absolute atomic E-state index is 0. The van der Waals surface area contributed by atoms with Gasteiger partial charge in [0.25, 0.3) is 5.91 Å². The summed E-state index contributed by atoms with van der Waals surface area (Å²) < 4.78 is 1.78. The van der Waals surface area contributed by atoms with Crippen LogP contribution in [0.2, 0.25) is 0 Å². The summed E-state index contributed by atoms with van der Waals surface area (Å²) in [5.41, 5.74) is 8.42. The molecule has 3 N–H and O–H groups in total. The molecule has 3 rings (SSSR count). The highest BCUT2D eigenvalue weighted by Crippen LogP contribution is 2.26. The van der Waals surface area contributed by atoms with Crippen molar-refractivity contribution in [2.45, 2.75) is 52.0 Å². The van der Waals surface area contributed by atoms with Crippen LogP contribution in [0.1, 0.15) is 53.8 Å². The molecule has 0 spiro atoms. The predicted octanol–water partition coefficient (Wildman–Crippen LogP) is 3.37. The maximum absolute atomic E-state index is 12.5. The van der Waals surface area contributed by atoms with Gasteiger partial charge in [-0.05, 0) is 50.8 Å². The molecule has 8 heteroatoms. The maximum atomic E-state index is 12.5. The van der Waals surface area contributed by atoms with Crippen LogP contribution in [0, 0.1) is 19.8 Å². The molecule has 1 fully saturated rings. The van der Waals surface area contributed by atoms with E-state index >= 15 is 0 Å². The first kappa shape index (κ1) is 23.4. The molecule has 2 heterocycles. The number of rotatable bonds is 5. The van der Waals surface area contributed by atoms with Crippen molar-refractivity contribution in [3.8, 4) is 5.82 Å². The van der Waals surface area contributed by atoms with E-state index in [1.54, 1.807) is 16.9 Å². The number of aromatic nitrogens is 3. The zero-order valence-electron chi connectivity index (χ0n) is 15.9. The van der Waals surface area contributed by atoms with Gasteiger partial charge in [0, 0.05) is 24.5 Å². The summed E-state index contributed by atoms with van der Waals surface area (Å²) in [4.78, 5) is 16.9. The Morgan fingerprint density at radius 2 is 1.96 bits per heavy atom. The highest BCUT2D eigenvalue weighted by Gasteiger charge is 2.24. The van der Waals surface area contributed by atoms with E-state index in [-0.39, 0.29) is 36.8 Å². The molecule has 1 amide bonds. The molecule has 2 aromatic heterocycles. The van der Waals surface area contributed by atoms with Gasteiger partial charge in [-0.15, -0.1) is 24.8 Å². The first-order valence-corrected chi connectivity index (χ1v) is 9.09. The number of hydrogen-bond donors (Lipinski definition) is 2. The number of aryl methyl sites for hydroxylation is 2. The van der Waals surface area contributed by atoms with Gasteiger partial charge in [-0.3, -0.25) is 4.79 Å². The fourth-order valence-electron chi connectivity index (χ4n) is 3.66. The van der Waals surface area contributed by atoms with Crippen molar-refractivity contribution < 1.29 is 4.79 Å². The van der Waals surface area contributed by atoms with Crippen LogP contribution in [0.4, 0.5) is 0 Å². The smallest absolute Gasteiger partial charge is 0.253 e. The van der Waals surface area contributed by atoms with Gasteiger partial charge in [0.05, 0.1) is 11.3 Å². The fourth-order valence-corrected chi connectivity index (χ4v) is 3.66. The number of nitrogens with two attached hydrogens (primary N) is 1. The number of halogens is 2. The molecule has 1 aliphatic carbocycles. The van der Waals surface area contributed by atoms with Crippen molar-refractivity contribution >= 4 is 30.7 Å². The minimum atomic E-state index is -0.103. The second-order valence-electron chi connectivity index (χ2n) is 6.96. The summed E-state index contributed by atoms with van der Waals surface area (Å²) in [6, 6.07) is 5.66. The molecule has 1 atom stereocenters. The van der Waals surface area contributed by atoms with Crippen LogP contribution in [-0.2, 0) is 0 Å². The SMILES string of the molecule is Cc1cc(C)n(-c2ccc(C(=O)NC(CN)C3CCCCC3)cn2)n1.Cl.Cl. The van der Waals surface area contributed by atoms with Crippen molar-refractivity contribution in [3.63, 3.8) is 0 Å². The zero-order valence-corrected chi connectivity index (χ0v) is 17.5. The van der Waals surface area contributed by atoms with Gasteiger partial charge in [0.15, 0.2) is 5.82 Å². The summed E-state index contributed by atoms with van der Waals surface area (Å²) in [6.07, 6.45) is 7.66. The third-order valence-electron chi connectivity index (χ3n) is 5.03. The van der Waals surface area contributed by atoms with Gasteiger partial charge in [0.1, 0.15) is 0 Å². The molecular weight excluding hydrogens is 385 g/mol. The molecule has 150 valence electrons. The summed E-state index contributed by atoms with van der Waals surface area (Å²) in [5, 5.41) is 7.52. The number of nitrogens with zero attached hydrogens (tertiary/aromatic N) is 3. The molecule has 1 saturated carbocycles. The Hall–Kier alpha value is -1.63. The molecule has 27 heavy (non-hydrogen) atoms. The van der Waals surface area contributed by atoms with Gasteiger partial charge < -0.3 is 11.1 Å². The summed E-state index contributed by atoms with van der Waals surface area (Å²) >= 11 is 0. The van der Waals surface area contributed by atoms with Crippen LogP contribution < -0.4 is 11.1 Å². The number of hydrogen-bond acceptors (Lipinski definition) is 4. The first-order valence-electron chi connectivity index (χ1n) is 9.09. The topological polar surface area (TPSA) is 85.8 Å². The Morgan fingerprint density at radius 1 is 1.26 bits per heavy atom. The van der Waals surface area contributed by atoms with Gasteiger partial charge >= 0.3 is 0 Å². The van der Waals surface area contributed by atoms with Gasteiger partial charge in [-0.25, -0.2) is 9.67 Å².